The first kappa shape index (κ1) is 32.7. The Labute approximate surface area is 236 Å². The maximum absolute atomic E-state index is 12.9. The standard InChI is InChI=1S/C30H43N3O7/c1-17(31-19(3)27-21(34)11-29(5,6)12-22(27)35)15-33(25(38)9-10-26(39)40)16-18(2)32-20(4)28-23(36)13-30(7,8)14-24(28)37/h9-10,17-18,34,36H,11-16H2,1-8H3,(H,39,40)/b10-9-,31-19?,32-20?. The summed E-state index contributed by atoms with van der Waals surface area (Å²) in [5, 5.41) is 30.0. The molecule has 10 heteroatoms. The van der Waals surface area contributed by atoms with Crippen molar-refractivity contribution in [2.24, 2.45) is 20.8 Å². The highest BCUT2D eigenvalue weighted by Crippen LogP contribution is 2.37. The maximum atomic E-state index is 12.9. The van der Waals surface area contributed by atoms with E-state index in [1.807, 2.05) is 27.7 Å². The summed E-state index contributed by atoms with van der Waals surface area (Å²) in [5.41, 5.74) is 0.491. The molecule has 0 bridgehead atoms. The van der Waals surface area contributed by atoms with Crippen LogP contribution in [0.15, 0.2) is 44.8 Å². The van der Waals surface area contributed by atoms with E-state index in [4.69, 9.17) is 5.11 Å². The van der Waals surface area contributed by atoms with Gasteiger partial charge in [-0.25, -0.2) is 4.79 Å². The topological polar surface area (TPSA) is 157 Å². The number of carbonyl (C=O) groups excluding carboxylic acids is 3. The van der Waals surface area contributed by atoms with Crippen LogP contribution in [-0.4, -0.2) is 80.3 Å². The van der Waals surface area contributed by atoms with Crippen LogP contribution in [0.4, 0.5) is 0 Å². The van der Waals surface area contributed by atoms with Crippen molar-refractivity contribution in [2.75, 3.05) is 13.1 Å². The minimum absolute atomic E-state index is 0.00339. The molecule has 0 aromatic heterocycles. The molecule has 0 spiro atoms. The Morgan fingerprint density at radius 2 is 1.18 bits per heavy atom. The molecule has 2 rings (SSSR count). The molecule has 2 atom stereocenters. The molecule has 0 saturated carbocycles. The van der Waals surface area contributed by atoms with Crippen molar-refractivity contribution in [3.63, 3.8) is 0 Å². The molecule has 3 N–H and O–H groups in total. The van der Waals surface area contributed by atoms with Crippen molar-refractivity contribution in [1.82, 2.24) is 4.90 Å². The van der Waals surface area contributed by atoms with Crippen LogP contribution < -0.4 is 0 Å². The summed E-state index contributed by atoms with van der Waals surface area (Å²) >= 11 is 0. The summed E-state index contributed by atoms with van der Waals surface area (Å²) in [5.74, 6) is -2.18. The monoisotopic (exact) mass is 557 g/mol. The van der Waals surface area contributed by atoms with Crippen LogP contribution in [0.25, 0.3) is 0 Å². The van der Waals surface area contributed by atoms with E-state index >= 15 is 0 Å². The lowest BCUT2D eigenvalue weighted by molar-refractivity contribution is -0.132. The summed E-state index contributed by atoms with van der Waals surface area (Å²) in [6.45, 7) is 14.6. The summed E-state index contributed by atoms with van der Waals surface area (Å²) in [6.07, 6.45) is 3.01. The number of carboxylic acid groups (broad SMARTS) is 1. The largest absolute Gasteiger partial charge is 0.511 e. The van der Waals surface area contributed by atoms with Crippen molar-refractivity contribution in [2.45, 2.75) is 93.2 Å². The van der Waals surface area contributed by atoms with E-state index in [2.05, 4.69) is 9.98 Å². The minimum atomic E-state index is -1.26. The Morgan fingerprint density at radius 1 is 0.800 bits per heavy atom. The highest BCUT2D eigenvalue weighted by molar-refractivity contribution is 6.23. The molecule has 0 aromatic carbocycles. The van der Waals surface area contributed by atoms with Crippen LogP contribution >= 0.6 is 0 Å². The Morgan fingerprint density at radius 3 is 1.50 bits per heavy atom. The molecule has 0 radical (unpaired) electrons. The number of ketones is 2. The van der Waals surface area contributed by atoms with E-state index in [1.165, 1.54) is 4.90 Å². The molecule has 0 heterocycles. The molecule has 2 unspecified atom stereocenters. The second-order valence-corrected chi connectivity index (χ2v) is 12.6. The second-order valence-electron chi connectivity index (χ2n) is 12.6. The van der Waals surface area contributed by atoms with Gasteiger partial charge < -0.3 is 20.2 Å². The Bertz CT molecular complexity index is 1140. The van der Waals surface area contributed by atoms with Crippen LogP contribution in [0.5, 0.6) is 0 Å². The smallest absolute Gasteiger partial charge is 0.328 e. The minimum Gasteiger partial charge on any atom is -0.511 e. The number of aliphatic hydroxyl groups excluding tert-OH is 2. The predicted octanol–water partition coefficient (Wildman–Crippen LogP) is 4.56. The zero-order valence-electron chi connectivity index (χ0n) is 24.9. The van der Waals surface area contributed by atoms with Crippen LogP contribution in [0, 0.1) is 10.8 Å². The fraction of sp³-hybridized carbons (Fsp3) is 0.600. The Kier molecular flexibility index (Phi) is 10.4. The van der Waals surface area contributed by atoms with Crippen molar-refractivity contribution in [3.8, 4) is 0 Å². The Hall–Kier alpha value is -3.56. The molecule has 40 heavy (non-hydrogen) atoms. The van der Waals surface area contributed by atoms with Gasteiger partial charge in [0.15, 0.2) is 11.6 Å². The first-order chi connectivity index (χ1) is 18.3. The number of amides is 1. The summed E-state index contributed by atoms with van der Waals surface area (Å²) in [7, 11) is 0. The SMILES string of the molecule is CC(=NC(C)CN(CC(C)N=C(C)C1=C(O)CC(C)(C)CC1=O)C(=O)/C=C\C(=O)O)C1=C(O)CC(C)(C)CC1=O. The summed E-state index contributed by atoms with van der Waals surface area (Å²) in [4.78, 5) is 59.8. The van der Waals surface area contributed by atoms with Crippen molar-refractivity contribution < 1.29 is 34.5 Å². The number of carboxylic acids is 1. The molecule has 2 aliphatic carbocycles. The number of nitrogens with zero attached hydrogens (tertiary/aromatic N) is 3. The van der Waals surface area contributed by atoms with Crippen molar-refractivity contribution >= 4 is 34.9 Å². The molecule has 10 nitrogen and oxygen atoms in total. The summed E-state index contributed by atoms with van der Waals surface area (Å²) in [6, 6.07) is -0.979. The van der Waals surface area contributed by atoms with E-state index in [0.717, 1.165) is 12.2 Å². The average Bonchev–Trinajstić information content (AvgIpc) is 2.73. The van der Waals surface area contributed by atoms with E-state index in [-0.39, 0.29) is 58.2 Å². The first-order valence-electron chi connectivity index (χ1n) is 13.5. The third-order valence-electron chi connectivity index (χ3n) is 6.91. The Balaban J connectivity index is 2.28. The predicted molar refractivity (Wildman–Crippen MR) is 154 cm³/mol. The van der Waals surface area contributed by atoms with Crippen LogP contribution in [0.3, 0.4) is 0 Å². The first-order valence-corrected chi connectivity index (χ1v) is 13.5. The van der Waals surface area contributed by atoms with Gasteiger partial charge in [-0.15, -0.1) is 0 Å². The third kappa shape index (κ3) is 8.99. The fourth-order valence-electron chi connectivity index (χ4n) is 5.41. The zero-order valence-corrected chi connectivity index (χ0v) is 24.9. The molecule has 2 aliphatic rings. The normalized spacial score (nSPS) is 21.6. The van der Waals surface area contributed by atoms with E-state index in [1.54, 1.807) is 27.7 Å². The highest BCUT2D eigenvalue weighted by atomic mass is 16.4. The van der Waals surface area contributed by atoms with Gasteiger partial charge in [-0.1, -0.05) is 27.7 Å². The van der Waals surface area contributed by atoms with Crippen molar-refractivity contribution in [3.05, 3.63) is 34.8 Å². The van der Waals surface area contributed by atoms with Gasteiger partial charge in [0.1, 0.15) is 11.5 Å². The van der Waals surface area contributed by atoms with Gasteiger partial charge in [0.05, 0.1) is 23.2 Å². The van der Waals surface area contributed by atoms with Crippen LogP contribution in [0.1, 0.15) is 81.1 Å². The number of hydrogen-bond donors (Lipinski definition) is 3. The van der Waals surface area contributed by atoms with Crippen LogP contribution in [-0.2, 0) is 19.2 Å². The molecular weight excluding hydrogens is 514 g/mol. The zero-order chi connectivity index (χ0) is 30.6. The van der Waals surface area contributed by atoms with E-state index in [0.29, 0.717) is 37.1 Å². The van der Waals surface area contributed by atoms with Gasteiger partial charge >= 0.3 is 5.97 Å². The number of carbonyl (C=O) groups is 4. The molecule has 0 aromatic rings. The number of aliphatic carboxylic acids is 1. The number of Topliss-reactive ketones (excluding diaryl/α,β-unsaturated/α-hetero) is 2. The van der Waals surface area contributed by atoms with Crippen LogP contribution in [0.2, 0.25) is 0 Å². The summed E-state index contributed by atoms with van der Waals surface area (Å²) < 4.78 is 0. The number of hydrogen-bond acceptors (Lipinski definition) is 8. The van der Waals surface area contributed by atoms with E-state index < -0.39 is 24.0 Å². The lowest BCUT2D eigenvalue weighted by atomic mass is 9.76. The average molecular weight is 558 g/mol. The van der Waals surface area contributed by atoms with Gasteiger partial charge in [0.25, 0.3) is 0 Å². The molecule has 0 fully saturated rings. The lowest BCUT2D eigenvalue weighted by Gasteiger charge is -2.30. The third-order valence-corrected chi connectivity index (χ3v) is 6.91. The number of aliphatic imine (C=N–C) groups is 2. The quantitative estimate of drug-likeness (QED) is 0.262. The van der Waals surface area contributed by atoms with Crippen molar-refractivity contribution in [1.29, 1.82) is 0 Å². The van der Waals surface area contributed by atoms with Gasteiger partial charge in [0, 0.05) is 62.3 Å². The molecule has 0 saturated heterocycles. The van der Waals surface area contributed by atoms with Gasteiger partial charge in [-0.3, -0.25) is 24.4 Å². The number of allylic oxidation sites excluding steroid dienone is 4. The molecular formula is C30H43N3O7. The molecule has 0 aliphatic heterocycles. The molecule has 1 amide bonds. The second kappa shape index (κ2) is 12.7. The maximum Gasteiger partial charge on any atom is 0.328 e. The number of aliphatic hydroxyl groups is 2. The highest BCUT2D eigenvalue weighted by Gasteiger charge is 2.35. The van der Waals surface area contributed by atoms with Gasteiger partial charge in [-0.05, 0) is 38.5 Å². The van der Waals surface area contributed by atoms with Gasteiger partial charge in [-0.2, -0.15) is 0 Å². The van der Waals surface area contributed by atoms with Gasteiger partial charge in [0.2, 0.25) is 5.91 Å². The lowest BCUT2D eigenvalue weighted by Crippen LogP contribution is -2.40. The van der Waals surface area contributed by atoms with E-state index in [9.17, 15) is 29.4 Å². The molecule has 220 valence electrons. The number of rotatable bonds is 10. The fourth-order valence-corrected chi connectivity index (χ4v) is 5.41.